The van der Waals surface area contributed by atoms with Crippen LogP contribution in [0.2, 0.25) is 0 Å². The van der Waals surface area contributed by atoms with Crippen molar-refractivity contribution in [3.05, 3.63) is 0 Å². The number of hydrogen-bond donors (Lipinski definition) is 2. The molecule has 5 heteroatoms. The van der Waals surface area contributed by atoms with E-state index in [1.54, 1.807) is 0 Å². The maximum Gasteiger partial charge on any atom is 0.216 e. The number of carbonyl (C=O) groups excluding carboxylic acids is 2. The molecule has 0 aliphatic carbocycles. The highest BCUT2D eigenvalue weighted by atomic mass is 16.5. The third kappa shape index (κ3) is 20.9. The van der Waals surface area contributed by atoms with Crippen LogP contribution in [0.4, 0.5) is 0 Å². The second-order valence-corrected chi connectivity index (χ2v) is 3.29. The molecule has 0 aromatic rings. The van der Waals surface area contributed by atoms with E-state index in [1.165, 1.54) is 13.8 Å². The first-order chi connectivity index (χ1) is 8.13. The second kappa shape index (κ2) is 14.9. The summed E-state index contributed by atoms with van der Waals surface area (Å²) < 4.78 is 5.29. The molecule has 0 atom stereocenters. The molecule has 0 heterocycles. The summed E-state index contributed by atoms with van der Waals surface area (Å²) in [5.74, 6) is -0.0266. The van der Waals surface area contributed by atoms with Crippen LogP contribution in [0, 0.1) is 0 Å². The summed E-state index contributed by atoms with van der Waals surface area (Å²) in [5.41, 5.74) is 0. The van der Waals surface area contributed by atoms with Gasteiger partial charge < -0.3 is 15.4 Å². The highest BCUT2D eigenvalue weighted by molar-refractivity contribution is 5.72. The van der Waals surface area contributed by atoms with Gasteiger partial charge >= 0.3 is 0 Å². The fourth-order valence-electron chi connectivity index (χ4n) is 0.979. The number of hydrogen-bond acceptors (Lipinski definition) is 3. The lowest BCUT2D eigenvalue weighted by Gasteiger charge is -2.05. The highest BCUT2D eigenvalue weighted by Gasteiger charge is 1.93. The summed E-state index contributed by atoms with van der Waals surface area (Å²) in [7, 11) is 0. The summed E-state index contributed by atoms with van der Waals surface area (Å²) in [5, 5.41) is 5.37. The molecule has 0 radical (unpaired) electrons. The van der Waals surface area contributed by atoms with Crippen molar-refractivity contribution < 1.29 is 14.3 Å². The van der Waals surface area contributed by atoms with Gasteiger partial charge in [0.05, 0.1) is 0 Å². The van der Waals surface area contributed by atoms with Crippen molar-refractivity contribution in [3.8, 4) is 0 Å². The molecule has 0 spiro atoms. The fourth-order valence-corrected chi connectivity index (χ4v) is 0.979. The summed E-state index contributed by atoms with van der Waals surface area (Å²) in [6.07, 6.45) is 1.64. The van der Waals surface area contributed by atoms with E-state index in [1.807, 2.05) is 13.8 Å². The van der Waals surface area contributed by atoms with Crippen molar-refractivity contribution in [2.75, 3.05) is 26.3 Å². The topological polar surface area (TPSA) is 67.4 Å². The monoisotopic (exact) mass is 246 g/mol. The van der Waals surface area contributed by atoms with Crippen LogP contribution in [-0.2, 0) is 14.3 Å². The molecular weight excluding hydrogens is 220 g/mol. The fraction of sp³-hybridized carbons (Fsp3) is 0.833. The molecule has 0 rings (SSSR count). The zero-order valence-electron chi connectivity index (χ0n) is 11.5. The molecule has 0 fully saturated rings. The van der Waals surface area contributed by atoms with Gasteiger partial charge in [-0.25, -0.2) is 0 Å². The summed E-state index contributed by atoms with van der Waals surface area (Å²) in [6.45, 7) is 9.57. The zero-order valence-corrected chi connectivity index (χ0v) is 11.5. The first-order valence-electron chi connectivity index (χ1n) is 6.19. The number of carbonyl (C=O) groups is 2. The van der Waals surface area contributed by atoms with Gasteiger partial charge in [-0.15, -0.1) is 0 Å². The first kappa shape index (κ1) is 18.3. The van der Waals surface area contributed by atoms with Gasteiger partial charge in [0.15, 0.2) is 0 Å². The second-order valence-electron chi connectivity index (χ2n) is 3.29. The molecular formula is C12H26N2O3. The molecule has 0 bridgehead atoms. The van der Waals surface area contributed by atoms with Crippen LogP contribution in [0.1, 0.15) is 40.5 Å². The number of amides is 2. The van der Waals surface area contributed by atoms with E-state index in [2.05, 4.69) is 10.6 Å². The predicted molar refractivity (Wildman–Crippen MR) is 68.8 cm³/mol. The Morgan fingerprint density at radius 2 is 1.24 bits per heavy atom. The maximum atomic E-state index is 10.5. The quantitative estimate of drug-likeness (QED) is 0.630. The number of ether oxygens (including phenoxy) is 1. The normalized spacial score (nSPS) is 8.94. The molecule has 2 amide bonds. The van der Waals surface area contributed by atoms with E-state index in [0.29, 0.717) is 26.3 Å². The average molecular weight is 246 g/mol. The Bertz CT molecular complexity index is 176. The molecule has 0 unspecified atom stereocenters. The Kier molecular flexibility index (Phi) is 16.0. The SMILES string of the molecule is CC.CC(=O)NCCCOCCCNC(C)=O. The van der Waals surface area contributed by atoms with Gasteiger partial charge in [0.2, 0.25) is 11.8 Å². The Labute approximate surface area is 104 Å². The Balaban J connectivity index is 0. The van der Waals surface area contributed by atoms with E-state index >= 15 is 0 Å². The van der Waals surface area contributed by atoms with E-state index < -0.39 is 0 Å². The van der Waals surface area contributed by atoms with Gasteiger partial charge in [0.1, 0.15) is 0 Å². The van der Waals surface area contributed by atoms with Crippen LogP contribution in [0.15, 0.2) is 0 Å². The van der Waals surface area contributed by atoms with Crippen LogP contribution in [0.3, 0.4) is 0 Å². The third-order valence-corrected chi connectivity index (χ3v) is 1.68. The smallest absolute Gasteiger partial charge is 0.216 e. The lowest BCUT2D eigenvalue weighted by molar-refractivity contribution is -0.119. The Hall–Kier alpha value is -1.10. The first-order valence-corrected chi connectivity index (χ1v) is 6.19. The molecule has 0 aliphatic rings. The standard InChI is InChI=1S/C10H20N2O3.C2H6/c1-9(13)11-5-3-7-15-8-4-6-12-10(2)14;1-2/h3-8H2,1-2H3,(H,11,13)(H,12,14);1-2H3. The zero-order chi connectivity index (χ0) is 13.5. The Morgan fingerprint density at radius 1 is 0.882 bits per heavy atom. The van der Waals surface area contributed by atoms with Crippen molar-refractivity contribution in [1.82, 2.24) is 10.6 Å². The molecule has 0 aromatic carbocycles. The van der Waals surface area contributed by atoms with E-state index in [-0.39, 0.29) is 11.8 Å². The molecule has 0 aromatic heterocycles. The molecule has 0 aliphatic heterocycles. The van der Waals surface area contributed by atoms with Gasteiger partial charge in [-0.3, -0.25) is 9.59 Å². The van der Waals surface area contributed by atoms with Crippen LogP contribution in [-0.4, -0.2) is 38.1 Å². The molecule has 102 valence electrons. The van der Waals surface area contributed by atoms with Crippen molar-refractivity contribution in [1.29, 1.82) is 0 Å². The third-order valence-electron chi connectivity index (χ3n) is 1.68. The van der Waals surface area contributed by atoms with Gasteiger partial charge in [0.25, 0.3) is 0 Å². The minimum absolute atomic E-state index is 0.0133. The summed E-state index contributed by atoms with van der Waals surface area (Å²) >= 11 is 0. The van der Waals surface area contributed by atoms with Gasteiger partial charge in [-0.05, 0) is 12.8 Å². The minimum atomic E-state index is -0.0133. The number of nitrogens with one attached hydrogen (secondary N) is 2. The van der Waals surface area contributed by atoms with Gasteiger partial charge in [-0.2, -0.15) is 0 Å². The molecule has 2 N–H and O–H groups in total. The van der Waals surface area contributed by atoms with Crippen molar-refractivity contribution in [3.63, 3.8) is 0 Å². The maximum absolute atomic E-state index is 10.5. The van der Waals surface area contributed by atoms with Gasteiger partial charge in [-0.1, -0.05) is 13.8 Å². The minimum Gasteiger partial charge on any atom is -0.381 e. The summed E-state index contributed by atoms with van der Waals surface area (Å²) in [6, 6.07) is 0. The average Bonchev–Trinajstić information content (AvgIpc) is 2.29. The van der Waals surface area contributed by atoms with E-state index in [4.69, 9.17) is 4.74 Å². The van der Waals surface area contributed by atoms with Crippen molar-refractivity contribution in [2.45, 2.75) is 40.5 Å². The summed E-state index contributed by atoms with van der Waals surface area (Å²) in [4.78, 5) is 21.0. The molecule has 0 saturated heterocycles. The lowest BCUT2D eigenvalue weighted by Crippen LogP contribution is -2.23. The molecule has 0 saturated carbocycles. The largest absolute Gasteiger partial charge is 0.381 e. The van der Waals surface area contributed by atoms with E-state index in [0.717, 1.165) is 12.8 Å². The predicted octanol–water partition coefficient (Wildman–Crippen LogP) is 1.08. The highest BCUT2D eigenvalue weighted by Crippen LogP contribution is 1.84. The lowest BCUT2D eigenvalue weighted by atomic mass is 10.4. The van der Waals surface area contributed by atoms with Gasteiger partial charge in [0, 0.05) is 40.2 Å². The number of rotatable bonds is 8. The van der Waals surface area contributed by atoms with Crippen molar-refractivity contribution in [2.24, 2.45) is 0 Å². The Morgan fingerprint density at radius 3 is 1.53 bits per heavy atom. The van der Waals surface area contributed by atoms with Crippen LogP contribution >= 0.6 is 0 Å². The molecule has 5 nitrogen and oxygen atoms in total. The molecule has 17 heavy (non-hydrogen) atoms. The van der Waals surface area contributed by atoms with Crippen molar-refractivity contribution >= 4 is 11.8 Å². The van der Waals surface area contributed by atoms with Crippen LogP contribution < -0.4 is 10.6 Å². The van der Waals surface area contributed by atoms with Crippen LogP contribution in [0.25, 0.3) is 0 Å². The van der Waals surface area contributed by atoms with Crippen LogP contribution in [0.5, 0.6) is 0 Å². The van der Waals surface area contributed by atoms with E-state index in [9.17, 15) is 9.59 Å².